The predicted molar refractivity (Wildman–Crippen MR) is 100 cm³/mol. The molecule has 0 unspecified atom stereocenters. The summed E-state index contributed by atoms with van der Waals surface area (Å²) in [5.74, 6) is 0.588. The van der Waals surface area contributed by atoms with Crippen LogP contribution in [0.25, 0.3) is 6.08 Å². The van der Waals surface area contributed by atoms with Crippen molar-refractivity contribution in [3.63, 3.8) is 0 Å². The van der Waals surface area contributed by atoms with Gasteiger partial charge in [0.1, 0.15) is 5.82 Å². The van der Waals surface area contributed by atoms with E-state index in [9.17, 15) is 4.79 Å². The molecule has 1 aromatic heterocycles. The lowest BCUT2D eigenvalue weighted by Crippen LogP contribution is -2.46. The Labute approximate surface area is 150 Å². The SMILES string of the molecule is CCOC(=O)C=Cc1ccc(N[C@@H]2CCCN(C3CCCC3)C2)nc1. The lowest BCUT2D eigenvalue weighted by molar-refractivity contribution is -0.137. The molecule has 0 radical (unpaired) electrons. The minimum atomic E-state index is -0.320. The number of rotatable bonds is 6. The van der Waals surface area contributed by atoms with Crippen molar-refractivity contribution in [2.24, 2.45) is 0 Å². The number of pyridine rings is 1. The molecular weight excluding hydrogens is 314 g/mol. The Morgan fingerprint density at radius 2 is 2.16 bits per heavy atom. The molecule has 3 rings (SSSR count). The van der Waals surface area contributed by atoms with Gasteiger partial charge in [-0.1, -0.05) is 12.8 Å². The third kappa shape index (κ3) is 5.30. The fourth-order valence-corrected chi connectivity index (χ4v) is 3.88. The van der Waals surface area contributed by atoms with Gasteiger partial charge in [-0.2, -0.15) is 0 Å². The molecule has 5 heteroatoms. The zero-order valence-electron chi connectivity index (χ0n) is 15.1. The molecule has 0 spiro atoms. The van der Waals surface area contributed by atoms with E-state index in [0.717, 1.165) is 24.0 Å². The zero-order valence-corrected chi connectivity index (χ0v) is 15.1. The second-order valence-corrected chi connectivity index (χ2v) is 6.98. The van der Waals surface area contributed by atoms with E-state index in [4.69, 9.17) is 4.74 Å². The van der Waals surface area contributed by atoms with Crippen LogP contribution >= 0.6 is 0 Å². The molecule has 0 aromatic carbocycles. The topological polar surface area (TPSA) is 54.5 Å². The third-order valence-electron chi connectivity index (χ3n) is 5.13. The number of piperidine rings is 1. The number of ether oxygens (including phenoxy) is 1. The summed E-state index contributed by atoms with van der Waals surface area (Å²) in [6.07, 6.45) is 12.9. The van der Waals surface area contributed by atoms with Gasteiger partial charge in [0.15, 0.2) is 0 Å². The van der Waals surface area contributed by atoms with E-state index < -0.39 is 0 Å². The number of carbonyl (C=O) groups is 1. The summed E-state index contributed by atoms with van der Waals surface area (Å²) in [7, 11) is 0. The minimum Gasteiger partial charge on any atom is -0.463 e. The first-order chi connectivity index (χ1) is 12.2. The van der Waals surface area contributed by atoms with E-state index in [-0.39, 0.29) is 5.97 Å². The van der Waals surface area contributed by atoms with Gasteiger partial charge in [-0.3, -0.25) is 4.90 Å². The maximum atomic E-state index is 11.3. The van der Waals surface area contributed by atoms with Crippen molar-refractivity contribution >= 4 is 17.9 Å². The Hall–Kier alpha value is -1.88. The normalized spacial score (nSPS) is 22.4. The van der Waals surface area contributed by atoms with Crippen LogP contribution in [0.3, 0.4) is 0 Å². The van der Waals surface area contributed by atoms with Gasteiger partial charge in [0, 0.05) is 30.9 Å². The van der Waals surface area contributed by atoms with E-state index in [1.807, 2.05) is 12.1 Å². The fraction of sp³-hybridized carbons (Fsp3) is 0.600. The van der Waals surface area contributed by atoms with E-state index in [0.29, 0.717) is 12.6 Å². The maximum Gasteiger partial charge on any atom is 0.330 e. The van der Waals surface area contributed by atoms with Gasteiger partial charge in [-0.25, -0.2) is 9.78 Å². The van der Waals surface area contributed by atoms with Crippen molar-refractivity contribution in [3.8, 4) is 0 Å². The van der Waals surface area contributed by atoms with Crippen LogP contribution in [0.4, 0.5) is 5.82 Å². The van der Waals surface area contributed by atoms with Crippen molar-refractivity contribution in [2.45, 2.75) is 57.5 Å². The molecule has 5 nitrogen and oxygen atoms in total. The summed E-state index contributed by atoms with van der Waals surface area (Å²) in [6.45, 7) is 4.56. The number of aromatic nitrogens is 1. The summed E-state index contributed by atoms with van der Waals surface area (Å²) in [5.41, 5.74) is 0.898. The number of likely N-dealkylation sites (tertiary alicyclic amines) is 1. The summed E-state index contributed by atoms with van der Waals surface area (Å²) < 4.78 is 4.88. The maximum absolute atomic E-state index is 11.3. The standard InChI is InChI=1S/C20H29N3O2/c1-2-25-20(24)12-10-16-9-11-19(21-14-16)22-17-6-5-13-23(15-17)18-7-3-4-8-18/h9-12,14,17-18H,2-8,13,15H2,1H3,(H,21,22)/t17-/m1/s1. The molecule has 136 valence electrons. The highest BCUT2D eigenvalue weighted by molar-refractivity contribution is 5.86. The van der Waals surface area contributed by atoms with Gasteiger partial charge in [0.05, 0.1) is 6.61 Å². The monoisotopic (exact) mass is 343 g/mol. The lowest BCUT2D eigenvalue weighted by atomic mass is 10.0. The largest absolute Gasteiger partial charge is 0.463 e. The summed E-state index contributed by atoms with van der Waals surface area (Å²) in [4.78, 5) is 18.5. The molecule has 2 aliphatic rings. The first-order valence-corrected chi connectivity index (χ1v) is 9.56. The highest BCUT2D eigenvalue weighted by Crippen LogP contribution is 2.26. The van der Waals surface area contributed by atoms with Crippen LogP contribution in [-0.4, -0.2) is 47.6 Å². The second-order valence-electron chi connectivity index (χ2n) is 6.98. The number of hydrogen-bond acceptors (Lipinski definition) is 5. The quantitative estimate of drug-likeness (QED) is 0.633. The Kier molecular flexibility index (Phi) is 6.45. The molecular formula is C20H29N3O2. The molecule has 2 fully saturated rings. The fourth-order valence-electron chi connectivity index (χ4n) is 3.88. The molecule has 0 bridgehead atoms. The van der Waals surface area contributed by atoms with Gasteiger partial charge in [-0.15, -0.1) is 0 Å². The number of anilines is 1. The molecule has 1 saturated heterocycles. The smallest absolute Gasteiger partial charge is 0.330 e. The van der Waals surface area contributed by atoms with Crippen molar-refractivity contribution < 1.29 is 9.53 Å². The van der Waals surface area contributed by atoms with Gasteiger partial charge in [0.25, 0.3) is 0 Å². The van der Waals surface area contributed by atoms with E-state index in [1.54, 1.807) is 19.2 Å². The third-order valence-corrected chi connectivity index (χ3v) is 5.13. The molecule has 25 heavy (non-hydrogen) atoms. The van der Waals surface area contributed by atoms with E-state index in [1.165, 1.54) is 51.1 Å². The zero-order chi connectivity index (χ0) is 17.5. The average Bonchev–Trinajstić information content (AvgIpc) is 3.16. The number of nitrogens with zero attached hydrogens (tertiary/aromatic N) is 2. The summed E-state index contributed by atoms with van der Waals surface area (Å²) in [5, 5.41) is 3.58. The van der Waals surface area contributed by atoms with Crippen LogP contribution in [0.15, 0.2) is 24.4 Å². The molecule has 1 aromatic rings. The molecule has 0 amide bonds. The van der Waals surface area contributed by atoms with Crippen molar-refractivity contribution in [2.75, 3.05) is 25.0 Å². The molecule has 1 aliphatic carbocycles. The molecule has 1 saturated carbocycles. The summed E-state index contributed by atoms with van der Waals surface area (Å²) in [6, 6.07) is 5.23. The van der Waals surface area contributed by atoms with Crippen molar-refractivity contribution in [3.05, 3.63) is 30.0 Å². The van der Waals surface area contributed by atoms with Gasteiger partial charge < -0.3 is 10.1 Å². The highest BCUT2D eigenvalue weighted by Gasteiger charge is 2.27. The molecule has 1 N–H and O–H groups in total. The average molecular weight is 343 g/mol. The van der Waals surface area contributed by atoms with Crippen LogP contribution in [0.1, 0.15) is 51.0 Å². The van der Waals surface area contributed by atoms with Crippen LogP contribution in [0, 0.1) is 0 Å². The van der Waals surface area contributed by atoms with Crippen LogP contribution in [0.2, 0.25) is 0 Å². The van der Waals surface area contributed by atoms with Crippen LogP contribution < -0.4 is 5.32 Å². The van der Waals surface area contributed by atoms with Gasteiger partial charge >= 0.3 is 5.97 Å². The van der Waals surface area contributed by atoms with E-state index >= 15 is 0 Å². The van der Waals surface area contributed by atoms with Crippen molar-refractivity contribution in [1.29, 1.82) is 0 Å². The molecule has 2 heterocycles. The lowest BCUT2D eigenvalue weighted by Gasteiger charge is -2.37. The second kappa shape index (κ2) is 8.99. The Balaban J connectivity index is 1.51. The number of nitrogens with one attached hydrogen (secondary N) is 1. The Morgan fingerprint density at radius 1 is 1.32 bits per heavy atom. The number of carbonyl (C=O) groups excluding carboxylic acids is 1. The predicted octanol–water partition coefficient (Wildman–Crippen LogP) is 3.48. The molecule has 1 aliphatic heterocycles. The van der Waals surface area contributed by atoms with Crippen LogP contribution in [0.5, 0.6) is 0 Å². The van der Waals surface area contributed by atoms with Crippen molar-refractivity contribution in [1.82, 2.24) is 9.88 Å². The summed E-state index contributed by atoms with van der Waals surface area (Å²) >= 11 is 0. The minimum absolute atomic E-state index is 0.320. The van der Waals surface area contributed by atoms with Gasteiger partial charge in [0.2, 0.25) is 0 Å². The van der Waals surface area contributed by atoms with E-state index in [2.05, 4.69) is 15.2 Å². The highest BCUT2D eigenvalue weighted by atomic mass is 16.5. The number of esters is 1. The Bertz CT molecular complexity index is 579. The number of hydrogen-bond donors (Lipinski definition) is 1. The first-order valence-electron chi connectivity index (χ1n) is 9.56. The first kappa shape index (κ1) is 17.9. The molecule has 1 atom stereocenters. The van der Waals surface area contributed by atoms with Gasteiger partial charge in [-0.05, 0) is 62.9 Å². The Morgan fingerprint density at radius 3 is 2.88 bits per heavy atom. The van der Waals surface area contributed by atoms with Crippen LogP contribution in [-0.2, 0) is 9.53 Å².